The molecule has 0 saturated heterocycles. The number of aromatic nitrogens is 5. The number of H-pyrrole nitrogens is 2. The van der Waals surface area contributed by atoms with E-state index in [9.17, 15) is 4.39 Å². The van der Waals surface area contributed by atoms with E-state index >= 15 is 0 Å². The van der Waals surface area contributed by atoms with Gasteiger partial charge in [-0.15, -0.1) is 0 Å². The number of benzene rings is 2. The number of ether oxygens (including phenoxy) is 2. The van der Waals surface area contributed by atoms with E-state index in [1.807, 2.05) is 42.5 Å². The van der Waals surface area contributed by atoms with Crippen LogP contribution in [0.1, 0.15) is 0 Å². The Morgan fingerprint density at radius 2 is 1.66 bits per heavy atom. The number of nitrogens with one attached hydrogen (secondary N) is 2. The summed E-state index contributed by atoms with van der Waals surface area (Å²) in [5.41, 5.74) is 6.57. The van der Waals surface area contributed by atoms with Gasteiger partial charge in [0, 0.05) is 34.1 Å². The Balaban J connectivity index is 1.48. The molecular weight excluding hydrogens is 445 g/mol. The van der Waals surface area contributed by atoms with Crippen LogP contribution >= 0.6 is 0 Å². The topological polar surface area (TPSA) is 88.7 Å². The Morgan fingerprint density at radius 1 is 0.800 bits per heavy atom. The minimum absolute atomic E-state index is 0.350. The lowest BCUT2D eigenvalue weighted by Crippen LogP contribution is -1.88. The van der Waals surface area contributed by atoms with Gasteiger partial charge in [0.2, 0.25) is 0 Å². The van der Waals surface area contributed by atoms with Gasteiger partial charge in [0.25, 0.3) is 0 Å². The maximum absolute atomic E-state index is 14.2. The van der Waals surface area contributed by atoms with E-state index in [2.05, 4.69) is 25.1 Å². The molecule has 0 saturated carbocycles. The van der Waals surface area contributed by atoms with Crippen LogP contribution in [0.15, 0.2) is 73.2 Å². The predicted molar refractivity (Wildman–Crippen MR) is 133 cm³/mol. The molecule has 0 spiro atoms. The number of methoxy groups -OCH3 is 2. The maximum Gasteiger partial charge on any atom is 0.137 e. The highest BCUT2D eigenvalue weighted by Crippen LogP contribution is 2.36. The van der Waals surface area contributed by atoms with Gasteiger partial charge in [-0.3, -0.25) is 15.1 Å². The summed E-state index contributed by atoms with van der Waals surface area (Å²) in [5.74, 6) is 0.782. The molecular formula is C27H20FN5O2. The average Bonchev–Trinajstić information content (AvgIpc) is 3.51. The number of rotatable bonds is 5. The molecule has 2 aromatic carbocycles. The average molecular weight is 465 g/mol. The van der Waals surface area contributed by atoms with E-state index in [-0.39, 0.29) is 5.82 Å². The zero-order valence-corrected chi connectivity index (χ0v) is 19.0. The van der Waals surface area contributed by atoms with Crippen LogP contribution in [0, 0.1) is 5.82 Å². The molecule has 172 valence electrons. The fourth-order valence-electron chi connectivity index (χ4n) is 4.32. The molecule has 0 bridgehead atoms. The van der Waals surface area contributed by atoms with Crippen LogP contribution in [0.5, 0.6) is 11.5 Å². The van der Waals surface area contributed by atoms with E-state index in [0.717, 1.165) is 55.6 Å². The van der Waals surface area contributed by atoms with Gasteiger partial charge in [-0.25, -0.2) is 4.39 Å². The van der Waals surface area contributed by atoms with Crippen LogP contribution in [-0.2, 0) is 0 Å². The van der Waals surface area contributed by atoms with Gasteiger partial charge < -0.3 is 14.5 Å². The number of halogens is 1. The fraction of sp³-hybridized carbons (Fsp3) is 0.0741. The Morgan fingerprint density at radius 3 is 2.51 bits per heavy atom. The van der Waals surface area contributed by atoms with Crippen molar-refractivity contribution in [1.82, 2.24) is 25.1 Å². The normalized spacial score (nSPS) is 11.3. The molecule has 8 heteroatoms. The smallest absolute Gasteiger partial charge is 0.137 e. The fourth-order valence-corrected chi connectivity index (χ4v) is 4.32. The van der Waals surface area contributed by atoms with E-state index < -0.39 is 0 Å². The SMILES string of the molecule is COc1cncc(-c2cc3c(-c4cc5c(-c6cc(F)cc(OC)c6)cccc5[nH]4)n[nH]c3cn2)c1. The zero-order chi connectivity index (χ0) is 23.9. The van der Waals surface area contributed by atoms with Crippen molar-refractivity contribution in [3.63, 3.8) is 0 Å². The van der Waals surface area contributed by atoms with Crippen LogP contribution in [0.2, 0.25) is 0 Å². The van der Waals surface area contributed by atoms with E-state index in [1.165, 1.54) is 19.2 Å². The second kappa shape index (κ2) is 8.25. The van der Waals surface area contributed by atoms with E-state index in [1.54, 1.807) is 25.7 Å². The molecule has 0 aliphatic rings. The molecule has 0 aliphatic heterocycles. The molecule has 6 rings (SSSR count). The molecule has 0 radical (unpaired) electrons. The lowest BCUT2D eigenvalue weighted by Gasteiger charge is -2.07. The maximum atomic E-state index is 14.2. The Bertz CT molecular complexity index is 1710. The number of pyridine rings is 2. The van der Waals surface area contributed by atoms with Crippen LogP contribution in [0.25, 0.3) is 55.6 Å². The van der Waals surface area contributed by atoms with Gasteiger partial charge in [0.15, 0.2) is 0 Å². The highest BCUT2D eigenvalue weighted by molar-refractivity contribution is 6.01. The molecule has 0 amide bonds. The van der Waals surface area contributed by atoms with Gasteiger partial charge >= 0.3 is 0 Å². The van der Waals surface area contributed by atoms with Gasteiger partial charge in [-0.05, 0) is 47.5 Å². The summed E-state index contributed by atoms with van der Waals surface area (Å²) in [6.07, 6.45) is 5.16. The predicted octanol–water partition coefficient (Wildman–Crippen LogP) is 5.99. The molecule has 4 heterocycles. The summed E-state index contributed by atoms with van der Waals surface area (Å²) < 4.78 is 24.8. The summed E-state index contributed by atoms with van der Waals surface area (Å²) >= 11 is 0. The summed E-state index contributed by atoms with van der Waals surface area (Å²) in [6, 6.07) is 16.5. The van der Waals surface area contributed by atoms with Gasteiger partial charge in [0.1, 0.15) is 23.0 Å². The first-order valence-corrected chi connectivity index (χ1v) is 10.9. The van der Waals surface area contributed by atoms with E-state index in [4.69, 9.17) is 9.47 Å². The third-order valence-corrected chi connectivity index (χ3v) is 6.03. The van der Waals surface area contributed by atoms with Gasteiger partial charge in [-0.1, -0.05) is 12.1 Å². The van der Waals surface area contributed by atoms with Gasteiger partial charge in [-0.2, -0.15) is 5.10 Å². The zero-order valence-electron chi connectivity index (χ0n) is 19.0. The van der Waals surface area contributed by atoms with Crippen LogP contribution in [-0.4, -0.2) is 39.4 Å². The Hall–Kier alpha value is -4.72. The van der Waals surface area contributed by atoms with Crippen molar-refractivity contribution in [1.29, 1.82) is 0 Å². The van der Waals surface area contributed by atoms with Crippen molar-refractivity contribution in [2.45, 2.75) is 0 Å². The number of nitrogens with zero attached hydrogens (tertiary/aromatic N) is 3. The largest absolute Gasteiger partial charge is 0.497 e. The van der Waals surface area contributed by atoms with Crippen LogP contribution in [0.3, 0.4) is 0 Å². The summed E-state index contributed by atoms with van der Waals surface area (Å²) in [6.45, 7) is 0. The van der Waals surface area contributed by atoms with Crippen molar-refractivity contribution >= 4 is 21.8 Å². The van der Waals surface area contributed by atoms with Crippen molar-refractivity contribution in [3.05, 3.63) is 79.0 Å². The molecule has 0 atom stereocenters. The molecule has 7 nitrogen and oxygen atoms in total. The molecule has 0 fully saturated rings. The molecule has 2 N–H and O–H groups in total. The van der Waals surface area contributed by atoms with Crippen molar-refractivity contribution < 1.29 is 13.9 Å². The standard InChI is InChI=1S/C27H20FN5O2/c1-34-18-7-15(6-17(28)9-18)20-4-3-5-23-21(20)10-25(31-23)27-22-11-24(30-14-26(22)32-33-27)16-8-19(35-2)13-29-12-16/h3-14,31H,1-2H3,(H,32,33). The molecule has 0 aliphatic carbocycles. The Kier molecular flexibility index (Phi) is 4.92. The highest BCUT2D eigenvalue weighted by Gasteiger charge is 2.16. The summed E-state index contributed by atoms with van der Waals surface area (Å²) in [7, 11) is 3.14. The van der Waals surface area contributed by atoms with Crippen molar-refractivity contribution in [2.24, 2.45) is 0 Å². The summed E-state index contributed by atoms with van der Waals surface area (Å²) in [4.78, 5) is 12.3. The molecule has 0 unspecified atom stereocenters. The first-order chi connectivity index (χ1) is 17.1. The quantitative estimate of drug-likeness (QED) is 0.326. The second-order valence-electron chi connectivity index (χ2n) is 8.13. The summed E-state index contributed by atoms with van der Waals surface area (Å²) in [5, 5.41) is 9.49. The number of hydrogen-bond acceptors (Lipinski definition) is 5. The first kappa shape index (κ1) is 20.9. The highest BCUT2D eigenvalue weighted by atomic mass is 19.1. The Labute approximate surface area is 199 Å². The number of aromatic amines is 2. The lowest BCUT2D eigenvalue weighted by atomic mass is 10.0. The van der Waals surface area contributed by atoms with Crippen LogP contribution in [0.4, 0.5) is 4.39 Å². The molecule has 4 aromatic heterocycles. The van der Waals surface area contributed by atoms with E-state index in [0.29, 0.717) is 11.5 Å². The van der Waals surface area contributed by atoms with Crippen molar-refractivity contribution in [2.75, 3.05) is 14.2 Å². The first-order valence-electron chi connectivity index (χ1n) is 10.9. The van der Waals surface area contributed by atoms with Gasteiger partial charge in [0.05, 0.1) is 43.5 Å². The molecule has 6 aromatic rings. The monoisotopic (exact) mass is 465 g/mol. The third kappa shape index (κ3) is 3.65. The minimum Gasteiger partial charge on any atom is -0.497 e. The third-order valence-electron chi connectivity index (χ3n) is 6.03. The second-order valence-corrected chi connectivity index (χ2v) is 8.13. The minimum atomic E-state index is -0.350. The van der Waals surface area contributed by atoms with Crippen LogP contribution < -0.4 is 9.47 Å². The molecule has 35 heavy (non-hydrogen) atoms. The van der Waals surface area contributed by atoms with Crippen molar-refractivity contribution in [3.8, 4) is 45.3 Å². The number of hydrogen-bond donors (Lipinski definition) is 2. The number of fused-ring (bicyclic) bond motifs is 2. The lowest BCUT2D eigenvalue weighted by molar-refractivity contribution is 0.411.